The Hall–Kier alpha value is -3.31. The number of carbonyl (C=O) groups is 2. The number of halogens is 2. The van der Waals surface area contributed by atoms with Crippen LogP contribution in [0.15, 0.2) is 29.2 Å². The second-order valence-electron chi connectivity index (χ2n) is 8.02. The quantitative estimate of drug-likeness (QED) is 0.418. The molecular weight excluding hydrogens is 452 g/mol. The lowest BCUT2D eigenvalue weighted by Gasteiger charge is -2.42. The third kappa shape index (κ3) is 4.53. The number of carbonyl (C=O) groups excluding carboxylic acids is 2. The number of benzene rings is 1. The van der Waals surface area contributed by atoms with Crippen LogP contribution in [-0.2, 0) is 26.4 Å². The highest BCUT2D eigenvalue weighted by atomic mass is 19.1. The first kappa shape index (κ1) is 25.3. The topological polar surface area (TPSA) is 110 Å². The molecule has 2 unspecified atom stereocenters. The summed E-state index contributed by atoms with van der Waals surface area (Å²) in [4.78, 5) is 38.7. The molecular formula is C23H27F2N3O6. The zero-order chi connectivity index (χ0) is 25.0. The summed E-state index contributed by atoms with van der Waals surface area (Å²) < 4.78 is 39.9. The summed E-state index contributed by atoms with van der Waals surface area (Å²) in [5, 5.41) is 13.0. The molecule has 1 aliphatic rings. The van der Waals surface area contributed by atoms with Crippen molar-refractivity contribution in [1.82, 2.24) is 14.8 Å². The van der Waals surface area contributed by atoms with E-state index in [1.165, 1.54) is 35.8 Å². The average Bonchev–Trinajstić information content (AvgIpc) is 3.30. The summed E-state index contributed by atoms with van der Waals surface area (Å²) in [7, 11) is 1.43. The minimum Gasteiger partial charge on any atom is -0.503 e. The fourth-order valence-corrected chi connectivity index (χ4v) is 4.28. The van der Waals surface area contributed by atoms with E-state index in [0.29, 0.717) is 32.0 Å². The van der Waals surface area contributed by atoms with E-state index in [1.54, 1.807) is 6.92 Å². The summed E-state index contributed by atoms with van der Waals surface area (Å²) in [6.07, 6.45) is 1.48. The number of hydrogen-bond donors (Lipinski definition) is 2. The summed E-state index contributed by atoms with van der Waals surface area (Å²) in [6, 6.07) is 2.92. The predicted molar refractivity (Wildman–Crippen MR) is 117 cm³/mol. The number of methoxy groups -OCH3 is 1. The van der Waals surface area contributed by atoms with Crippen LogP contribution in [0.2, 0.25) is 0 Å². The molecule has 11 heteroatoms. The van der Waals surface area contributed by atoms with E-state index in [9.17, 15) is 28.3 Å². The molecule has 1 saturated heterocycles. The predicted octanol–water partition coefficient (Wildman–Crippen LogP) is 1.64. The van der Waals surface area contributed by atoms with Crippen molar-refractivity contribution in [1.29, 1.82) is 0 Å². The van der Waals surface area contributed by atoms with E-state index in [2.05, 4.69) is 5.32 Å². The van der Waals surface area contributed by atoms with Crippen LogP contribution in [0.1, 0.15) is 35.0 Å². The van der Waals surface area contributed by atoms with Gasteiger partial charge in [-0.2, -0.15) is 0 Å². The van der Waals surface area contributed by atoms with Gasteiger partial charge in [-0.3, -0.25) is 14.4 Å². The van der Waals surface area contributed by atoms with E-state index in [0.717, 1.165) is 6.07 Å². The number of nitrogens with zero attached hydrogens (tertiary/aromatic N) is 2. The van der Waals surface area contributed by atoms with Gasteiger partial charge in [0.1, 0.15) is 22.7 Å². The van der Waals surface area contributed by atoms with Gasteiger partial charge in [0.05, 0.1) is 12.3 Å². The van der Waals surface area contributed by atoms with Crippen molar-refractivity contribution >= 4 is 12.3 Å². The van der Waals surface area contributed by atoms with Gasteiger partial charge in [-0.05, 0) is 19.9 Å². The van der Waals surface area contributed by atoms with Crippen molar-refractivity contribution in [3.05, 3.63) is 63.1 Å². The maximum absolute atomic E-state index is 13.9. The van der Waals surface area contributed by atoms with Crippen LogP contribution in [0.4, 0.5) is 8.78 Å². The van der Waals surface area contributed by atoms with Gasteiger partial charge in [-0.1, -0.05) is 6.07 Å². The fourth-order valence-electron chi connectivity index (χ4n) is 4.28. The highest BCUT2D eigenvalue weighted by Gasteiger charge is 2.48. The molecule has 34 heavy (non-hydrogen) atoms. The van der Waals surface area contributed by atoms with Crippen LogP contribution in [0.5, 0.6) is 5.75 Å². The first-order chi connectivity index (χ1) is 16.2. The maximum Gasteiger partial charge on any atom is 0.257 e. The van der Waals surface area contributed by atoms with E-state index in [4.69, 9.17) is 9.47 Å². The van der Waals surface area contributed by atoms with Crippen molar-refractivity contribution in [2.45, 2.75) is 38.6 Å². The standard InChI is InChI=1S/C23H27F2N3O6/c1-4-27(13-29)22(33-3)23(7-8-34-12-23)28-11-17(20(31)19(30)14(28)2)21(32)26-10-15-5-6-16(24)9-18(15)25/h5-6,9,11,13,22,30H,4,7-8,10,12H2,1-3H3,(H,26,32). The van der Waals surface area contributed by atoms with Crippen molar-refractivity contribution < 1.29 is 33.0 Å². The van der Waals surface area contributed by atoms with E-state index >= 15 is 0 Å². The summed E-state index contributed by atoms with van der Waals surface area (Å²) in [5.41, 5.74) is -2.13. The Morgan fingerprint density at radius 2 is 2.18 bits per heavy atom. The third-order valence-electron chi connectivity index (χ3n) is 6.12. The van der Waals surface area contributed by atoms with Gasteiger partial charge in [0, 0.05) is 51.1 Å². The minimum absolute atomic E-state index is 0.0242. The molecule has 0 spiro atoms. The second-order valence-corrected chi connectivity index (χ2v) is 8.02. The molecule has 0 radical (unpaired) electrons. The van der Waals surface area contributed by atoms with Crippen molar-refractivity contribution in [3.63, 3.8) is 0 Å². The number of likely N-dealkylation sites (N-methyl/N-ethyl adjacent to an activating group) is 1. The normalized spacial score (nSPS) is 18.5. The van der Waals surface area contributed by atoms with Gasteiger partial charge in [0.2, 0.25) is 11.8 Å². The van der Waals surface area contributed by atoms with E-state index < -0.39 is 40.5 Å². The number of pyridine rings is 1. The van der Waals surface area contributed by atoms with Gasteiger partial charge in [-0.25, -0.2) is 8.78 Å². The largest absolute Gasteiger partial charge is 0.503 e. The van der Waals surface area contributed by atoms with Crippen LogP contribution >= 0.6 is 0 Å². The Kier molecular flexibility index (Phi) is 7.68. The van der Waals surface area contributed by atoms with E-state index in [1.807, 2.05) is 0 Å². The Morgan fingerprint density at radius 3 is 2.74 bits per heavy atom. The third-order valence-corrected chi connectivity index (χ3v) is 6.12. The molecule has 2 amide bonds. The molecule has 1 aromatic heterocycles. The molecule has 2 atom stereocenters. The highest BCUT2D eigenvalue weighted by molar-refractivity contribution is 5.94. The zero-order valence-corrected chi connectivity index (χ0v) is 19.1. The van der Waals surface area contributed by atoms with E-state index in [-0.39, 0.29) is 30.0 Å². The molecule has 3 rings (SSSR count). The van der Waals surface area contributed by atoms with Gasteiger partial charge in [0.15, 0.2) is 12.0 Å². The highest BCUT2D eigenvalue weighted by Crippen LogP contribution is 2.36. The van der Waals surface area contributed by atoms with Crippen molar-refractivity contribution in [2.24, 2.45) is 0 Å². The smallest absolute Gasteiger partial charge is 0.257 e. The summed E-state index contributed by atoms with van der Waals surface area (Å²) >= 11 is 0. The Bertz CT molecular complexity index is 1130. The van der Waals surface area contributed by atoms with Crippen LogP contribution in [0.3, 0.4) is 0 Å². The summed E-state index contributed by atoms with van der Waals surface area (Å²) in [5.74, 6) is -3.10. The lowest BCUT2D eigenvalue weighted by molar-refractivity contribution is -0.144. The molecule has 1 fully saturated rings. The zero-order valence-electron chi connectivity index (χ0n) is 19.1. The average molecular weight is 479 g/mol. The maximum atomic E-state index is 13.9. The van der Waals surface area contributed by atoms with Gasteiger partial charge < -0.3 is 29.4 Å². The fraction of sp³-hybridized carbons (Fsp3) is 0.435. The van der Waals surface area contributed by atoms with Crippen molar-refractivity contribution in [2.75, 3.05) is 26.9 Å². The molecule has 9 nitrogen and oxygen atoms in total. The van der Waals surface area contributed by atoms with Crippen LogP contribution in [-0.4, -0.2) is 60.0 Å². The second kappa shape index (κ2) is 10.3. The lowest BCUT2D eigenvalue weighted by Crippen LogP contribution is -2.56. The number of aromatic hydroxyl groups is 1. The number of hydrogen-bond acceptors (Lipinski definition) is 6. The first-order valence-electron chi connectivity index (χ1n) is 10.7. The number of nitrogens with one attached hydrogen (secondary N) is 1. The Labute approximate surface area is 194 Å². The molecule has 0 bridgehead atoms. The number of rotatable bonds is 9. The number of aromatic nitrogens is 1. The van der Waals surface area contributed by atoms with Crippen LogP contribution in [0, 0.1) is 18.6 Å². The minimum atomic E-state index is -1.03. The van der Waals surface area contributed by atoms with Crippen LogP contribution in [0.25, 0.3) is 0 Å². The summed E-state index contributed by atoms with van der Waals surface area (Å²) in [6.45, 7) is 3.73. The number of amides is 2. The SMILES string of the molecule is CCN(C=O)C(OC)C1(n2cc(C(=O)NCc3ccc(F)cc3F)c(=O)c(O)c2C)CCOC1. The Morgan fingerprint density at radius 1 is 1.44 bits per heavy atom. The molecule has 0 saturated carbocycles. The molecule has 2 heterocycles. The number of ether oxygens (including phenoxy) is 2. The van der Waals surface area contributed by atoms with Gasteiger partial charge in [0.25, 0.3) is 5.91 Å². The lowest BCUT2D eigenvalue weighted by atomic mass is 9.93. The van der Waals surface area contributed by atoms with Crippen LogP contribution < -0.4 is 10.7 Å². The molecule has 184 valence electrons. The Balaban J connectivity index is 2.04. The van der Waals surface area contributed by atoms with Gasteiger partial charge >= 0.3 is 0 Å². The monoisotopic (exact) mass is 479 g/mol. The molecule has 1 aliphatic heterocycles. The van der Waals surface area contributed by atoms with Gasteiger partial charge in [-0.15, -0.1) is 0 Å². The molecule has 0 aliphatic carbocycles. The molecule has 2 aromatic rings. The molecule has 1 aromatic carbocycles. The first-order valence-corrected chi connectivity index (χ1v) is 10.7. The van der Waals surface area contributed by atoms with Crippen molar-refractivity contribution in [3.8, 4) is 5.75 Å². The molecule has 2 N–H and O–H groups in total.